The minimum atomic E-state index is -0.604. The lowest BCUT2D eigenvalue weighted by molar-refractivity contribution is -0.124. The predicted molar refractivity (Wildman–Crippen MR) is 95.7 cm³/mol. The van der Waals surface area contributed by atoms with Crippen molar-refractivity contribution in [2.45, 2.75) is 13.0 Å². The molecule has 26 heavy (non-hydrogen) atoms. The summed E-state index contributed by atoms with van der Waals surface area (Å²) in [6.45, 7) is 2.35. The number of nitrogens with one attached hydrogen (secondary N) is 1. The molecule has 0 aliphatic carbocycles. The van der Waals surface area contributed by atoms with E-state index in [9.17, 15) is 9.59 Å². The van der Waals surface area contributed by atoms with Crippen molar-refractivity contribution < 1.29 is 23.8 Å². The molecular weight excluding hydrogens is 358 g/mol. The maximum absolute atomic E-state index is 12.1. The van der Waals surface area contributed by atoms with Crippen LogP contribution in [0.5, 0.6) is 11.5 Å². The number of benzene rings is 2. The monoisotopic (exact) mass is 375 g/mol. The van der Waals surface area contributed by atoms with Crippen LogP contribution in [0.4, 0.5) is 0 Å². The molecule has 3 rings (SSSR count). The van der Waals surface area contributed by atoms with Gasteiger partial charge in [0.25, 0.3) is 5.91 Å². The second-order valence-electron chi connectivity index (χ2n) is 5.78. The molecule has 2 aromatic rings. The van der Waals surface area contributed by atoms with E-state index in [0.29, 0.717) is 35.3 Å². The van der Waals surface area contributed by atoms with E-state index in [1.165, 1.54) is 0 Å². The number of esters is 1. The average molecular weight is 376 g/mol. The van der Waals surface area contributed by atoms with Gasteiger partial charge in [-0.1, -0.05) is 23.7 Å². The Hall–Kier alpha value is -2.73. The molecule has 1 heterocycles. The lowest BCUT2D eigenvalue weighted by atomic mass is 10.1. The van der Waals surface area contributed by atoms with Gasteiger partial charge in [0, 0.05) is 5.02 Å². The summed E-state index contributed by atoms with van der Waals surface area (Å²) in [6, 6.07) is 11.7. The average Bonchev–Trinajstić information content (AvgIpc) is 2.65. The van der Waals surface area contributed by atoms with Crippen molar-refractivity contribution in [1.82, 2.24) is 5.32 Å². The topological polar surface area (TPSA) is 73.9 Å². The molecule has 2 aromatic carbocycles. The second-order valence-corrected chi connectivity index (χ2v) is 6.22. The molecule has 0 saturated heterocycles. The van der Waals surface area contributed by atoms with Crippen molar-refractivity contribution in [2.24, 2.45) is 0 Å². The van der Waals surface area contributed by atoms with Gasteiger partial charge in [-0.25, -0.2) is 4.79 Å². The van der Waals surface area contributed by atoms with E-state index >= 15 is 0 Å². The quantitative estimate of drug-likeness (QED) is 0.813. The zero-order valence-corrected chi connectivity index (χ0v) is 14.9. The lowest BCUT2D eigenvalue weighted by Gasteiger charge is -2.18. The minimum absolute atomic E-state index is 0.255. The molecule has 0 fully saturated rings. The van der Waals surface area contributed by atoms with Gasteiger partial charge in [0.05, 0.1) is 11.6 Å². The molecule has 1 amide bonds. The van der Waals surface area contributed by atoms with Crippen LogP contribution in [-0.2, 0) is 9.53 Å². The molecule has 1 atom stereocenters. The van der Waals surface area contributed by atoms with E-state index in [4.69, 9.17) is 25.8 Å². The Kier molecular flexibility index (Phi) is 5.63. The smallest absolute Gasteiger partial charge is 0.338 e. The van der Waals surface area contributed by atoms with Crippen LogP contribution in [0.25, 0.3) is 0 Å². The molecule has 6 nitrogen and oxygen atoms in total. The van der Waals surface area contributed by atoms with Gasteiger partial charge >= 0.3 is 5.97 Å². The van der Waals surface area contributed by atoms with E-state index in [0.717, 1.165) is 5.56 Å². The van der Waals surface area contributed by atoms with Gasteiger partial charge in [-0.3, -0.25) is 4.79 Å². The molecule has 0 bridgehead atoms. The van der Waals surface area contributed by atoms with E-state index in [2.05, 4.69) is 5.32 Å². The van der Waals surface area contributed by atoms with Gasteiger partial charge in [-0.2, -0.15) is 0 Å². The number of hydrogen-bond acceptors (Lipinski definition) is 5. The van der Waals surface area contributed by atoms with Crippen molar-refractivity contribution >= 4 is 23.5 Å². The number of amides is 1. The molecule has 0 saturated carbocycles. The first-order chi connectivity index (χ1) is 12.5. The fourth-order valence-electron chi connectivity index (χ4n) is 2.53. The highest BCUT2D eigenvalue weighted by Crippen LogP contribution is 2.30. The number of fused-ring (bicyclic) bond motifs is 1. The van der Waals surface area contributed by atoms with Crippen LogP contribution < -0.4 is 14.8 Å². The summed E-state index contributed by atoms with van der Waals surface area (Å²) in [5.41, 5.74) is 1.16. The maximum Gasteiger partial charge on any atom is 0.338 e. The SMILES string of the molecule is C[C@H](NC(=O)COC(=O)c1ccc2c(c1)OCCO2)c1cccc(Cl)c1. The molecular formula is C19H18ClNO5. The largest absolute Gasteiger partial charge is 0.486 e. The molecule has 7 heteroatoms. The van der Waals surface area contributed by atoms with Crippen LogP contribution in [0, 0.1) is 0 Å². The molecule has 0 spiro atoms. The Bertz CT molecular complexity index is 823. The van der Waals surface area contributed by atoms with Crippen LogP contribution in [0.1, 0.15) is 28.9 Å². The molecule has 136 valence electrons. The molecule has 0 aromatic heterocycles. The number of carbonyl (C=O) groups is 2. The first-order valence-corrected chi connectivity index (χ1v) is 8.52. The second kappa shape index (κ2) is 8.10. The highest BCUT2D eigenvalue weighted by Gasteiger charge is 2.17. The normalized spacial score (nSPS) is 13.6. The van der Waals surface area contributed by atoms with Crippen molar-refractivity contribution in [1.29, 1.82) is 0 Å². The summed E-state index contributed by atoms with van der Waals surface area (Å²) in [4.78, 5) is 24.1. The van der Waals surface area contributed by atoms with Gasteiger partial charge in [0.15, 0.2) is 18.1 Å². The third-order valence-corrected chi connectivity index (χ3v) is 4.07. The van der Waals surface area contributed by atoms with Crippen LogP contribution >= 0.6 is 11.6 Å². The van der Waals surface area contributed by atoms with Crippen molar-refractivity contribution in [3.05, 3.63) is 58.6 Å². The van der Waals surface area contributed by atoms with Gasteiger partial charge in [0.2, 0.25) is 0 Å². The fourth-order valence-corrected chi connectivity index (χ4v) is 2.73. The number of carbonyl (C=O) groups excluding carboxylic acids is 2. The Morgan fingerprint density at radius 2 is 1.92 bits per heavy atom. The summed E-state index contributed by atoms with van der Waals surface area (Å²) in [6.07, 6.45) is 0. The molecule has 0 unspecified atom stereocenters. The zero-order valence-electron chi connectivity index (χ0n) is 14.2. The predicted octanol–water partition coefficient (Wildman–Crippen LogP) is 3.15. The fraction of sp³-hybridized carbons (Fsp3) is 0.263. The third-order valence-electron chi connectivity index (χ3n) is 3.84. The van der Waals surface area contributed by atoms with E-state index in [-0.39, 0.29) is 12.6 Å². The van der Waals surface area contributed by atoms with E-state index < -0.39 is 11.9 Å². The standard InChI is InChI=1S/C19H18ClNO5/c1-12(13-3-2-4-15(20)9-13)21-18(22)11-26-19(23)14-5-6-16-17(10-14)25-8-7-24-16/h2-6,9-10,12H,7-8,11H2,1H3,(H,21,22)/t12-/m0/s1. The number of ether oxygens (including phenoxy) is 3. The third kappa shape index (κ3) is 4.46. The van der Waals surface area contributed by atoms with Gasteiger partial charge < -0.3 is 19.5 Å². The maximum atomic E-state index is 12.1. The Morgan fingerprint density at radius 3 is 2.69 bits per heavy atom. The molecule has 1 N–H and O–H groups in total. The van der Waals surface area contributed by atoms with E-state index in [1.54, 1.807) is 30.3 Å². The summed E-state index contributed by atoms with van der Waals surface area (Å²) in [7, 11) is 0. The number of rotatable bonds is 5. The van der Waals surface area contributed by atoms with Crippen molar-refractivity contribution in [2.75, 3.05) is 19.8 Å². The molecule has 1 aliphatic heterocycles. The van der Waals surface area contributed by atoms with Gasteiger partial charge in [-0.15, -0.1) is 0 Å². The summed E-state index contributed by atoms with van der Waals surface area (Å²) in [5, 5.41) is 3.35. The van der Waals surface area contributed by atoms with Crippen molar-refractivity contribution in [3.8, 4) is 11.5 Å². The first kappa shape index (κ1) is 18.1. The molecule has 1 aliphatic rings. The van der Waals surface area contributed by atoms with Gasteiger partial charge in [-0.05, 0) is 42.8 Å². The van der Waals surface area contributed by atoms with Crippen LogP contribution in [-0.4, -0.2) is 31.7 Å². The molecule has 0 radical (unpaired) electrons. The lowest BCUT2D eigenvalue weighted by Crippen LogP contribution is -2.31. The Labute approximate surface area is 156 Å². The van der Waals surface area contributed by atoms with Crippen molar-refractivity contribution in [3.63, 3.8) is 0 Å². The van der Waals surface area contributed by atoms with Crippen LogP contribution in [0.3, 0.4) is 0 Å². The summed E-state index contributed by atoms with van der Waals surface area (Å²) in [5.74, 6) is 0.0709. The Morgan fingerprint density at radius 1 is 1.15 bits per heavy atom. The minimum Gasteiger partial charge on any atom is -0.486 e. The highest BCUT2D eigenvalue weighted by atomic mass is 35.5. The van der Waals surface area contributed by atoms with Crippen LogP contribution in [0.2, 0.25) is 5.02 Å². The number of halogens is 1. The first-order valence-electron chi connectivity index (χ1n) is 8.14. The van der Waals surface area contributed by atoms with E-state index in [1.807, 2.05) is 19.1 Å². The Balaban J connectivity index is 1.53. The van der Waals surface area contributed by atoms with Gasteiger partial charge in [0.1, 0.15) is 13.2 Å². The summed E-state index contributed by atoms with van der Waals surface area (Å²) >= 11 is 5.95. The summed E-state index contributed by atoms with van der Waals surface area (Å²) < 4.78 is 15.9. The zero-order chi connectivity index (χ0) is 18.5. The van der Waals surface area contributed by atoms with Crippen LogP contribution in [0.15, 0.2) is 42.5 Å². The highest BCUT2D eigenvalue weighted by molar-refractivity contribution is 6.30. The number of hydrogen-bond donors (Lipinski definition) is 1.